The van der Waals surface area contributed by atoms with E-state index in [-0.39, 0.29) is 18.6 Å². The molecule has 53 valence electrons. The van der Waals surface area contributed by atoms with Gasteiger partial charge in [0, 0.05) is 7.05 Å². The zero-order chi connectivity index (χ0) is 7.28. The van der Waals surface area contributed by atoms with Gasteiger partial charge in [-0.15, -0.1) is 0 Å². The Bertz CT molecular complexity index is 91.1. The van der Waals surface area contributed by atoms with Crippen LogP contribution in [0.5, 0.6) is 0 Å². The highest BCUT2D eigenvalue weighted by Gasteiger charge is 2.01. The van der Waals surface area contributed by atoms with E-state index in [0.717, 1.165) is 0 Å². The zero-order valence-corrected chi connectivity index (χ0v) is 5.81. The number of hydrogen-bond acceptors (Lipinski definition) is 3. The van der Waals surface area contributed by atoms with Gasteiger partial charge in [-0.2, -0.15) is 0 Å². The first-order chi connectivity index (χ1) is 4.16. The van der Waals surface area contributed by atoms with Gasteiger partial charge in [0.25, 0.3) is 0 Å². The molecule has 9 heavy (non-hydrogen) atoms. The number of ether oxygens (including phenoxy) is 1. The van der Waals surface area contributed by atoms with Gasteiger partial charge in [-0.05, 0) is 13.8 Å². The van der Waals surface area contributed by atoms with Gasteiger partial charge < -0.3 is 10.1 Å². The molecule has 0 aromatic carbocycles. The van der Waals surface area contributed by atoms with Crippen molar-refractivity contribution in [3.63, 3.8) is 0 Å². The molecule has 0 aromatic rings. The highest BCUT2D eigenvalue weighted by Crippen LogP contribution is 1.86. The Morgan fingerprint density at radius 1 is 1.78 bits per heavy atom. The van der Waals surface area contributed by atoms with Gasteiger partial charge in [0.15, 0.2) is 0 Å². The van der Waals surface area contributed by atoms with Crippen molar-refractivity contribution < 1.29 is 9.53 Å². The molecule has 0 saturated carbocycles. The number of rotatable bonds is 3. The molecule has 0 rings (SSSR count). The quantitative estimate of drug-likeness (QED) is 0.559. The average molecular weight is 130 g/mol. The van der Waals surface area contributed by atoms with Gasteiger partial charge in [0.1, 0.15) is 0 Å². The lowest BCUT2D eigenvalue weighted by atomic mass is 10.5. The third-order valence-electron chi connectivity index (χ3n) is 0.636. The predicted molar refractivity (Wildman–Crippen MR) is 34.6 cm³/mol. The summed E-state index contributed by atoms with van der Waals surface area (Å²) >= 11 is 0. The summed E-state index contributed by atoms with van der Waals surface area (Å²) in [4.78, 5) is 10.5. The third kappa shape index (κ3) is 5.30. The molecule has 0 amide bonds. The van der Waals surface area contributed by atoms with E-state index >= 15 is 0 Å². The van der Waals surface area contributed by atoms with Crippen molar-refractivity contribution in [1.29, 1.82) is 0 Å². The van der Waals surface area contributed by atoms with Crippen LogP contribution in [0.25, 0.3) is 0 Å². The molecule has 3 heteroatoms. The van der Waals surface area contributed by atoms with Gasteiger partial charge >= 0.3 is 5.97 Å². The minimum atomic E-state index is -0.264. The minimum absolute atomic E-state index is 0.0363. The van der Waals surface area contributed by atoms with E-state index in [0.29, 0.717) is 0 Å². The molecule has 1 radical (unpaired) electrons. The predicted octanol–water partition coefficient (Wildman–Crippen LogP) is 0.319. The third-order valence-corrected chi connectivity index (χ3v) is 0.636. The standard InChI is InChI=1S/C6H12NO2/c1-5(2)9-6(8)4-7-3/h5,7H,3-4H2,1-2H3. The molecule has 0 heterocycles. The van der Waals surface area contributed by atoms with Crippen molar-refractivity contribution >= 4 is 5.97 Å². The van der Waals surface area contributed by atoms with E-state index in [4.69, 9.17) is 4.74 Å². The van der Waals surface area contributed by atoms with E-state index < -0.39 is 0 Å². The summed E-state index contributed by atoms with van der Waals surface area (Å²) in [5.74, 6) is -0.264. The fourth-order valence-electron chi connectivity index (χ4n) is 0.407. The Hall–Kier alpha value is -0.570. The monoisotopic (exact) mass is 130 g/mol. The van der Waals surface area contributed by atoms with Crippen molar-refractivity contribution in [2.75, 3.05) is 6.54 Å². The molecule has 0 aliphatic rings. The maximum absolute atomic E-state index is 10.5. The molecule has 0 aliphatic carbocycles. The van der Waals surface area contributed by atoms with Crippen LogP contribution in [0.4, 0.5) is 0 Å². The van der Waals surface area contributed by atoms with Crippen LogP contribution in [0.3, 0.4) is 0 Å². The lowest BCUT2D eigenvalue weighted by Gasteiger charge is -2.05. The number of esters is 1. The average Bonchev–Trinajstić information content (AvgIpc) is 1.63. The molecule has 0 spiro atoms. The molecule has 0 fully saturated rings. The second-order valence-electron chi connectivity index (χ2n) is 1.97. The molecule has 0 bridgehead atoms. The van der Waals surface area contributed by atoms with Crippen LogP contribution in [0.15, 0.2) is 0 Å². The van der Waals surface area contributed by atoms with Crippen molar-refractivity contribution in [3.05, 3.63) is 7.05 Å². The van der Waals surface area contributed by atoms with Crippen molar-refractivity contribution in [2.45, 2.75) is 20.0 Å². The number of hydrogen-bond donors (Lipinski definition) is 1. The van der Waals surface area contributed by atoms with E-state index in [1.54, 1.807) is 13.8 Å². The van der Waals surface area contributed by atoms with Crippen LogP contribution < -0.4 is 5.32 Å². The zero-order valence-electron chi connectivity index (χ0n) is 5.81. The Kier molecular flexibility index (Phi) is 4.05. The molecule has 0 unspecified atom stereocenters. The van der Waals surface area contributed by atoms with Crippen LogP contribution in [0.2, 0.25) is 0 Å². The Morgan fingerprint density at radius 3 is 2.67 bits per heavy atom. The second-order valence-corrected chi connectivity index (χ2v) is 1.97. The van der Waals surface area contributed by atoms with E-state index in [2.05, 4.69) is 12.4 Å². The fourth-order valence-corrected chi connectivity index (χ4v) is 0.407. The normalized spacial score (nSPS) is 9.78. The molecule has 1 N–H and O–H groups in total. The van der Waals surface area contributed by atoms with Gasteiger partial charge in [-0.3, -0.25) is 4.79 Å². The maximum atomic E-state index is 10.5. The Morgan fingerprint density at radius 2 is 2.33 bits per heavy atom. The summed E-state index contributed by atoms with van der Waals surface area (Å²) in [5.41, 5.74) is 0. The highest BCUT2D eigenvalue weighted by atomic mass is 16.5. The van der Waals surface area contributed by atoms with Crippen LogP contribution in [-0.4, -0.2) is 18.6 Å². The number of carbonyl (C=O) groups is 1. The number of carbonyl (C=O) groups excluding carboxylic acids is 1. The molecule has 0 atom stereocenters. The first kappa shape index (κ1) is 8.43. The summed E-state index contributed by atoms with van der Waals surface area (Å²) in [5, 5.41) is 2.45. The number of nitrogens with one attached hydrogen (secondary N) is 1. The first-order valence-corrected chi connectivity index (χ1v) is 2.86. The molecule has 0 aliphatic heterocycles. The molecule has 0 saturated heterocycles. The van der Waals surface area contributed by atoms with E-state index in [1.807, 2.05) is 0 Å². The maximum Gasteiger partial charge on any atom is 0.320 e. The van der Waals surface area contributed by atoms with E-state index in [9.17, 15) is 4.79 Å². The minimum Gasteiger partial charge on any atom is -0.462 e. The van der Waals surface area contributed by atoms with Crippen LogP contribution in [0.1, 0.15) is 13.8 Å². The highest BCUT2D eigenvalue weighted by molar-refractivity contribution is 5.71. The smallest absolute Gasteiger partial charge is 0.320 e. The van der Waals surface area contributed by atoms with Gasteiger partial charge in [-0.25, -0.2) is 0 Å². The van der Waals surface area contributed by atoms with Crippen LogP contribution in [-0.2, 0) is 9.53 Å². The lowest BCUT2D eigenvalue weighted by Crippen LogP contribution is -2.22. The van der Waals surface area contributed by atoms with Crippen molar-refractivity contribution in [3.8, 4) is 0 Å². The summed E-state index contributed by atoms with van der Waals surface area (Å²) < 4.78 is 4.75. The van der Waals surface area contributed by atoms with Crippen LogP contribution >= 0.6 is 0 Å². The van der Waals surface area contributed by atoms with Gasteiger partial charge in [0.05, 0.1) is 12.6 Å². The Balaban J connectivity index is 3.27. The van der Waals surface area contributed by atoms with Gasteiger partial charge in [0.2, 0.25) is 0 Å². The lowest BCUT2D eigenvalue weighted by molar-refractivity contribution is -0.146. The summed E-state index contributed by atoms with van der Waals surface area (Å²) in [6.07, 6.45) is -0.0363. The van der Waals surface area contributed by atoms with Crippen molar-refractivity contribution in [2.24, 2.45) is 0 Å². The molecule has 0 aromatic heterocycles. The summed E-state index contributed by atoms with van der Waals surface area (Å²) in [7, 11) is 3.28. The topological polar surface area (TPSA) is 38.3 Å². The summed E-state index contributed by atoms with van der Waals surface area (Å²) in [6.45, 7) is 3.79. The first-order valence-electron chi connectivity index (χ1n) is 2.86. The van der Waals surface area contributed by atoms with Crippen LogP contribution in [0, 0.1) is 7.05 Å². The second kappa shape index (κ2) is 4.32. The molecule has 3 nitrogen and oxygen atoms in total. The molecular weight excluding hydrogens is 118 g/mol. The Labute approximate surface area is 55.4 Å². The summed E-state index contributed by atoms with van der Waals surface area (Å²) in [6, 6.07) is 0. The van der Waals surface area contributed by atoms with Gasteiger partial charge in [-0.1, -0.05) is 0 Å². The SMILES string of the molecule is [CH2]NCC(=O)OC(C)C. The molecular formula is C6H12NO2. The fraction of sp³-hybridized carbons (Fsp3) is 0.667. The van der Waals surface area contributed by atoms with Crippen molar-refractivity contribution in [1.82, 2.24) is 5.32 Å². The largest absolute Gasteiger partial charge is 0.462 e. The van der Waals surface area contributed by atoms with E-state index in [1.165, 1.54) is 0 Å².